The number of ether oxygens (including phenoxy) is 1. The van der Waals surface area contributed by atoms with Gasteiger partial charge in [-0.25, -0.2) is 0 Å². The van der Waals surface area contributed by atoms with Crippen molar-refractivity contribution in [1.82, 2.24) is 15.1 Å². The molecule has 0 radical (unpaired) electrons. The average Bonchev–Trinajstić information content (AvgIpc) is 3.39. The lowest BCUT2D eigenvalue weighted by Gasteiger charge is -2.22. The molecular weight excluding hydrogens is 362 g/mol. The summed E-state index contributed by atoms with van der Waals surface area (Å²) in [6.45, 7) is 2.02. The van der Waals surface area contributed by atoms with Gasteiger partial charge >= 0.3 is 5.97 Å². The van der Waals surface area contributed by atoms with Crippen molar-refractivity contribution in [2.24, 2.45) is 5.92 Å². The van der Waals surface area contributed by atoms with E-state index in [1.54, 1.807) is 0 Å². The molecule has 4 rings (SSSR count). The Labute approximate surface area is 163 Å². The van der Waals surface area contributed by atoms with Gasteiger partial charge in [-0.05, 0) is 45.1 Å². The van der Waals surface area contributed by atoms with E-state index in [1.165, 1.54) is 50.6 Å². The van der Waals surface area contributed by atoms with E-state index in [0.717, 1.165) is 33.6 Å². The molecule has 2 aliphatic rings. The Morgan fingerprint density at radius 1 is 1.22 bits per heavy atom. The van der Waals surface area contributed by atoms with Crippen LogP contribution in [0.3, 0.4) is 0 Å². The maximum Gasteiger partial charge on any atom is 0.308 e. The van der Waals surface area contributed by atoms with Crippen LogP contribution in [0.25, 0.3) is 10.2 Å². The number of methoxy groups -OCH3 is 1. The normalized spacial score (nSPS) is 23.6. The Balaban J connectivity index is 1.49. The number of fused-ring (bicyclic) bond motifs is 1. The van der Waals surface area contributed by atoms with Crippen LogP contribution in [0.4, 0.5) is 0 Å². The first-order valence-electron chi connectivity index (χ1n) is 9.94. The summed E-state index contributed by atoms with van der Waals surface area (Å²) in [4.78, 5) is 26.3. The van der Waals surface area contributed by atoms with Crippen LogP contribution in [0.15, 0.2) is 6.07 Å². The van der Waals surface area contributed by atoms with Gasteiger partial charge in [-0.2, -0.15) is 5.10 Å². The van der Waals surface area contributed by atoms with Crippen molar-refractivity contribution in [2.45, 2.75) is 70.4 Å². The van der Waals surface area contributed by atoms with Crippen LogP contribution in [-0.2, 0) is 9.53 Å². The van der Waals surface area contributed by atoms with Gasteiger partial charge in [0, 0.05) is 11.4 Å². The minimum Gasteiger partial charge on any atom is -0.469 e. The molecule has 2 heterocycles. The van der Waals surface area contributed by atoms with E-state index >= 15 is 0 Å². The van der Waals surface area contributed by atoms with Crippen LogP contribution < -0.4 is 5.32 Å². The van der Waals surface area contributed by atoms with Crippen molar-refractivity contribution >= 4 is 33.4 Å². The maximum atomic E-state index is 12.8. The predicted molar refractivity (Wildman–Crippen MR) is 105 cm³/mol. The predicted octanol–water partition coefficient (Wildman–Crippen LogP) is 3.98. The minimum atomic E-state index is -0.170. The van der Waals surface area contributed by atoms with Gasteiger partial charge in [-0.1, -0.05) is 19.3 Å². The fraction of sp³-hybridized carbons (Fsp3) is 0.650. The summed E-state index contributed by atoms with van der Waals surface area (Å²) >= 11 is 1.54. The molecule has 2 aromatic heterocycles. The lowest BCUT2D eigenvalue weighted by molar-refractivity contribution is -0.145. The fourth-order valence-corrected chi connectivity index (χ4v) is 5.64. The molecule has 0 aliphatic heterocycles. The second-order valence-corrected chi connectivity index (χ2v) is 8.89. The van der Waals surface area contributed by atoms with E-state index in [9.17, 15) is 9.59 Å². The minimum absolute atomic E-state index is 0.0405. The van der Waals surface area contributed by atoms with Crippen LogP contribution in [0.2, 0.25) is 0 Å². The number of aryl methyl sites for hydroxylation is 1. The summed E-state index contributed by atoms with van der Waals surface area (Å²) in [5, 5.41) is 8.96. The second-order valence-electron chi connectivity index (χ2n) is 7.85. The molecule has 2 fully saturated rings. The number of hydrogen-bond donors (Lipinski definition) is 1. The van der Waals surface area contributed by atoms with E-state index in [4.69, 9.17) is 9.84 Å². The summed E-state index contributed by atoms with van der Waals surface area (Å²) in [7, 11) is 1.42. The Bertz CT molecular complexity index is 850. The van der Waals surface area contributed by atoms with Gasteiger partial charge in [0.25, 0.3) is 5.91 Å². The van der Waals surface area contributed by atoms with E-state index in [2.05, 4.69) is 10.00 Å². The van der Waals surface area contributed by atoms with Crippen molar-refractivity contribution in [2.75, 3.05) is 7.11 Å². The number of hydrogen-bond acceptors (Lipinski definition) is 5. The van der Waals surface area contributed by atoms with Crippen LogP contribution in [0.5, 0.6) is 0 Å². The van der Waals surface area contributed by atoms with Gasteiger partial charge in [0.15, 0.2) is 0 Å². The first-order valence-corrected chi connectivity index (χ1v) is 10.8. The highest BCUT2D eigenvalue weighted by molar-refractivity contribution is 7.20. The number of carbonyl (C=O) groups excluding carboxylic acids is 2. The average molecular weight is 390 g/mol. The summed E-state index contributed by atoms with van der Waals surface area (Å²) in [5.74, 6) is -0.303. The zero-order valence-electron chi connectivity index (χ0n) is 16.0. The molecule has 0 spiro atoms. The quantitative estimate of drug-likeness (QED) is 0.803. The molecule has 2 atom stereocenters. The van der Waals surface area contributed by atoms with Gasteiger partial charge in [-0.15, -0.1) is 11.3 Å². The third kappa shape index (κ3) is 3.61. The molecule has 2 saturated carbocycles. The summed E-state index contributed by atoms with van der Waals surface area (Å²) in [5.41, 5.74) is 0.998. The molecule has 1 unspecified atom stereocenters. The Morgan fingerprint density at radius 2 is 2.00 bits per heavy atom. The molecule has 1 N–H and O–H groups in total. The zero-order valence-corrected chi connectivity index (χ0v) is 16.8. The van der Waals surface area contributed by atoms with Gasteiger partial charge in [0.1, 0.15) is 4.83 Å². The maximum absolute atomic E-state index is 12.8. The molecule has 0 aromatic carbocycles. The standard InChI is InChI=1S/C20H27N3O3S/c1-12-16-11-17(18(24)21-14-9-8-13(10-14)20(25)26-2)27-19(16)23(22-12)15-6-4-3-5-7-15/h11,13-15H,3-10H2,1-2H3,(H,21,24)/t13-,14?/m1/s1. The van der Waals surface area contributed by atoms with E-state index < -0.39 is 0 Å². The molecular formula is C20H27N3O3S. The third-order valence-electron chi connectivity index (χ3n) is 6.01. The number of thiophene rings is 1. The van der Waals surface area contributed by atoms with E-state index in [0.29, 0.717) is 12.5 Å². The molecule has 2 aliphatic carbocycles. The van der Waals surface area contributed by atoms with Crippen LogP contribution in [-0.4, -0.2) is 34.8 Å². The number of amides is 1. The number of nitrogens with zero attached hydrogens (tertiary/aromatic N) is 2. The highest BCUT2D eigenvalue weighted by Gasteiger charge is 2.32. The molecule has 7 heteroatoms. The lowest BCUT2D eigenvalue weighted by atomic mass is 9.96. The van der Waals surface area contributed by atoms with Crippen molar-refractivity contribution in [1.29, 1.82) is 0 Å². The van der Waals surface area contributed by atoms with Gasteiger partial charge in [0.2, 0.25) is 0 Å². The number of esters is 1. The number of aromatic nitrogens is 2. The molecule has 0 bridgehead atoms. The number of carbonyl (C=O) groups is 2. The summed E-state index contributed by atoms with van der Waals surface area (Å²) in [6.07, 6.45) is 8.44. The third-order valence-corrected chi connectivity index (χ3v) is 7.14. The highest BCUT2D eigenvalue weighted by Crippen LogP contribution is 2.35. The van der Waals surface area contributed by atoms with Crippen molar-refractivity contribution < 1.29 is 14.3 Å². The largest absolute Gasteiger partial charge is 0.469 e. The van der Waals surface area contributed by atoms with E-state index in [1.807, 2.05) is 13.0 Å². The Hall–Kier alpha value is -1.89. The summed E-state index contributed by atoms with van der Waals surface area (Å²) in [6, 6.07) is 2.48. The highest BCUT2D eigenvalue weighted by atomic mass is 32.1. The molecule has 1 amide bonds. The number of rotatable bonds is 4. The lowest BCUT2D eigenvalue weighted by Crippen LogP contribution is -2.32. The molecule has 0 saturated heterocycles. The van der Waals surface area contributed by atoms with Crippen molar-refractivity contribution in [3.05, 3.63) is 16.6 Å². The SMILES string of the molecule is COC(=O)[C@@H]1CCC(NC(=O)c2cc3c(C)nn(C4CCCCC4)c3s2)C1. The fourth-order valence-electron chi connectivity index (χ4n) is 4.51. The van der Waals surface area contributed by atoms with Gasteiger partial charge < -0.3 is 10.1 Å². The molecule has 6 nitrogen and oxygen atoms in total. The van der Waals surface area contributed by atoms with Gasteiger partial charge in [0.05, 0.1) is 29.6 Å². The first kappa shape index (κ1) is 18.5. The first-order chi connectivity index (χ1) is 13.1. The zero-order chi connectivity index (χ0) is 19.0. The molecule has 146 valence electrons. The van der Waals surface area contributed by atoms with Gasteiger partial charge in [-0.3, -0.25) is 14.3 Å². The van der Waals surface area contributed by atoms with Crippen LogP contribution >= 0.6 is 11.3 Å². The monoisotopic (exact) mass is 389 g/mol. The second kappa shape index (κ2) is 7.62. The van der Waals surface area contributed by atoms with Crippen molar-refractivity contribution in [3.63, 3.8) is 0 Å². The Kier molecular flexibility index (Phi) is 5.21. The summed E-state index contributed by atoms with van der Waals surface area (Å²) < 4.78 is 6.99. The number of nitrogens with one attached hydrogen (secondary N) is 1. The molecule has 27 heavy (non-hydrogen) atoms. The molecule has 2 aromatic rings. The van der Waals surface area contributed by atoms with Crippen LogP contribution in [0.1, 0.15) is 72.8 Å². The Morgan fingerprint density at radius 3 is 2.74 bits per heavy atom. The van der Waals surface area contributed by atoms with Crippen molar-refractivity contribution in [3.8, 4) is 0 Å². The topological polar surface area (TPSA) is 73.2 Å². The van der Waals surface area contributed by atoms with Crippen LogP contribution in [0, 0.1) is 12.8 Å². The smallest absolute Gasteiger partial charge is 0.308 e. The van der Waals surface area contributed by atoms with E-state index in [-0.39, 0.29) is 23.8 Å².